The normalized spacial score (nSPS) is 17.1. The molecule has 1 heteroatoms. The molecule has 0 saturated carbocycles. The number of rotatable bonds is 2. The molecule has 0 amide bonds. The van der Waals surface area contributed by atoms with E-state index in [9.17, 15) is 0 Å². The van der Waals surface area contributed by atoms with E-state index in [1.165, 1.54) is 24.8 Å². The Morgan fingerprint density at radius 3 is 3.00 bits per heavy atom. The molecule has 0 saturated heterocycles. The van der Waals surface area contributed by atoms with Gasteiger partial charge in [-0.1, -0.05) is 18.2 Å². The van der Waals surface area contributed by atoms with E-state index in [0.717, 1.165) is 6.42 Å². The Bertz CT molecular complexity index is 302. The van der Waals surface area contributed by atoms with Crippen LogP contribution in [0.2, 0.25) is 0 Å². The Labute approximate surface area is 80.0 Å². The van der Waals surface area contributed by atoms with Crippen molar-refractivity contribution >= 4 is 0 Å². The quantitative estimate of drug-likeness (QED) is 0.731. The van der Waals surface area contributed by atoms with Crippen LogP contribution in [-0.2, 0) is 19.3 Å². The Hall–Kier alpha value is -0.820. The first-order valence-corrected chi connectivity index (χ1v) is 5.12. The van der Waals surface area contributed by atoms with Crippen molar-refractivity contribution < 1.29 is 0 Å². The zero-order chi connectivity index (χ0) is 9.26. The van der Waals surface area contributed by atoms with E-state index >= 15 is 0 Å². The maximum Gasteiger partial charge on any atom is 0.00510 e. The van der Waals surface area contributed by atoms with Crippen molar-refractivity contribution in [2.75, 3.05) is 0 Å². The topological polar surface area (TPSA) is 26.0 Å². The summed E-state index contributed by atoms with van der Waals surface area (Å²) in [5.41, 5.74) is 10.4. The zero-order valence-corrected chi connectivity index (χ0v) is 8.22. The maximum atomic E-state index is 5.82. The highest BCUT2D eigenvalue weighted by Gasteiger charge is 2.14. The smallest absolute Gasteiger partial charge is 0.00510 e. The van der Waals surface area contributed by atoms with Gasteiger partial charge in [0.25, 0.3) is 0 Å². The van der Waals surface area contributed by atoms with Gasteiger partial charge in [0.15, 0.2) is 0 Å². The summed E-state index contributed by atoms with van der Waals surface area (Å²) in [6.07, 6.45) is 4.88. The van der Waals surface area contributed by atoms with E-state index in [1.807, 2.05) is 0 Å². The van der Waals surface area contributed by atoms with Crippen LogP contribution in [0.15, 0.2) is 18.2 Å². The van der Waals surface area contributed by atoms with Gasteiger partial charge >= 0.3 is 0 Å². The lowest BCUT2D eigenvalue weighted by molar-refractivity contribution is 0.732. The Balaban J connectivity index is 2.30. The zero-order valence-electron chi connectivity index (χ0n) is 8.22. The molecule has 1 aliphatic rings. The molecule has 0 spiro atoms. The monoisotopic (exact) mass is 175 g/mol. The molecule has 0 fully saturated rings. The van der Waals surface area contributed by atoms with E-state index in [1.54, 1.807) is 11.1 Å². The maximum absolute atomic E-state index is 5.82. The minimum absolute atomic E-state index is 0.284. The molecule has 2 N–H and O–H groups in total. The van der Waals surface area contributed by atoms with Gasteiger partial charge in [-0.25, -0.2) is 0 Å². The molecule has 70 valence electrons. The minimum atomic E-state index is 0.284. The second-order valence-corrected chi connectivity index (χ2v) is 4.09. The first kappa shape index (κ1) is 8.76. The summed E-state index contributed by atoms with van der Waals surface area (Å²) >= 11 is 0. The van der Waals surface area contributed by atoms with Gasteiger partial charge < -0.3 is 5.73 Å². The summed E-state index contributed by atoms with van der Waals surface area (Å²) in [7, 11) is 0. The fourth-order valence-corrected chi connectivity index (χ4v) is 2.24. The molecule has 1 aromatic carbocycles. The molecule has 0 aromatic heterocycles. The van der Waals surface area contributed by atoms with E-state index in [0.29, 0.717) is 0 Å². The lowest BCUT2D eigenvalue weighted by Crippen LogP contribution is -2.18. The molecule has 13 heavy (non-hydrogen) atoms. The highest BCUT2D eigenvalue weighted by atomic mass is 14.6. The van der Waals surface area contributed by atoms with Gasteiger partial charge in [0.2, 0.25) is 0 Å². The average Bonchev–Trinajstić information content (AvgIpc) is 2.51. The van der Waals surface area contributed by atoms with Crippen LogP contribution in [0.25, 0.3) is 0 Å². The van der Waals surface area contributed by atoms with Crippen LogP contribution in [0.1, 0.15) is 30.0 Å². The molecule has 1 aromatic rings. The molecule has 1 atom stereocenters. The van der Waals surface area contributed by atoms with Crippen molar-refractivity contribution in [2.45, 2.75) is 38.6 Å². The van der Waals surface area contributed by atoms with Gasteiger partial charge in [0, 0.05) is 6.04 Å². The predicted octanol–water partition coefficient (Wildman–Crippen LogP) is 2.07. The van der Waals surface area contributed by atoms with Crippen LogP contribution in [0.3, 0.4) is 0 Å². The van der Waals surface area contributed by atoms with E-state index in [-0.39, 0.29) is 6.04 Å². The fourth-order valence-electron chi connectivity index (χ4n) is 2.24. The van der Waals surface area contributed by atoms with Gasteiger partial charge in [-0.3, -0.25) is 0 Å². The van der Waals surface area contributed by atoms with Crippen molar-refractivity contribution in [3.63, 3.8) is 0 Å². The molecule has 0 radical (unpaired) electrons. The van der Waals surface area contributed by atoms with E-state index in [4.69, 9.17) is 5.73 Å². The van der Waals surface area contributed by atoms with Crippen molar-refractivity contribution in [3.8, 4) is 0 Å². The van der Waals surface area contributed by atoms with Gasteiger partial charge in [-0.15, -0.1) is 0 Å². The largest absolute Gasteiger partial charge is 0.328 e. The van der Waals surface area contributed by atoms with Gasteiger partial charge in [0.1, 0.15) is 0 Å². The number of hydrogen-bond acceptors (Lipinski definition) is 1. The number of hydrogen-bond donors (Lipinski definition) is 1. The molecule has 0 aliphatic heterocycles. The fraction of sp³-hybridized carbons (Fsp3) is 0.500. The molecule has 0 bridgehead atoms. The molecule has 0 heterocycles. The van der Waals surface area contributed by atoms with Gasteiger partial charge in [-0.05, 0) is 49.3 Å². The Morgan fingerprint density at radius 1 is 1.38 bits per heavy atom. The third-order valence-electron chi connectivity index (χ3n) is 2.78. The number of benzene rings is 1. The Kier molecular flexibility index (Phi) is 2.36. The van der Waals surface area contributed by atoms with Crippen LogP contribution in [0, 0.1) is 0 Å². The standard InChI is InChI=1S/C12H17N/c1-9(13)8-11-6-2-4-10-5-3-7-12(10)11/h2,4,6,9H,3,5,7-8,13H2,1H3/t9-/m0/s1. The molecule has 1 aliphatic carbocycles. The summed E-state index contributed by atoms with van der Waals surface area (Å²) in [6.45, 7) is 2.08. The third-order valence-corrected chi connectivity index (χ3v) is 2.78. The second kappa shape index (κ2) is 3.51. The minimum Gasteiger partial charge on any atom is -0.328 e. The number of fused-ring (bicyclic) bond motifs is 1. The highest BCUT2D eigenvalue weighted by molar-refractivity contribution is 5.38. The van der Waals surface area contributed by atoms with E-state index in [2.05, 4.69) is 25.1 Å². The van der Waals surface area contributed by atoms with Crippen LogP contribution in [0.4, 0.5) is 0 Å². The first-order valence-electron chi connectivity index (χ1n) is 5.12. The molecule has 0 unspecified atom stereocenters. The first-order chi connectivity index (χ1) is 6.27. The lowest BCUT2D eigenvalue weighted by atomic mass is 9.98. The summed E-state index contributed by atoms with van der Waals surface area (Å²) in [5.74, 6) is 0. The lowest BCUT2D eigenvalue weighted by Gasteiger charge is -2.10. The summed E-state index contributed by atoms with van der Waals surface area (Å²) in [4.78, 5) is 0. The highest BCUT2D eigenvalue weighted by Crippen LogP contribution is 2.25. The van der Waals surface area contributed by atoms with Crippen molar-refractivity contribution in [1.82, 2.24) is 0 Å². The third kappa shape index (κ3) is 1.75. The van der Waals surface area contributed by atoms with Crippen LogP contribution in [-0.4, -0.2) is 6.04 Å². The molecule has 2 rings (SSSR count). The van der Waals surface area contributed by atoms with Gasteiger partial charge in [0.05, 0.1) is 0 Å². The Morgan fingerprint density at radius 2 is 2.23 bits per heavy atom. The molecular formula is C12H17N. The van der Waals surface area contributed by atoms with Crippen molar-refractivity contribution in [1.29, 1.82) is 0 Å². The summed E-state index contributed by atoms with van der Waals surface area (Å²) < 4.78 is 0. The van der Waals surface area contributed by atoms with Crippen molar-refractivity contribution in [2.24, 2.45) is 5.73 Å². The number of nitrogens with two attached hydrogens (primary N) is 1. The van der Waals surface area contributed by atoms with Gasteiger partial charge in [-0.2, -0.15) is 0 Å². The van der Waals surface area contributed by atoms with Crippen molar-refractivity contribution in [3.05, 3.63) is 34.9 Å². The molecular weight excluding hydrogens is 158 g/mol. The average molecular weight is 175 g/mol. The predicted molar refractivity (Wildman–Crippen MR) is 55.8 cm³/mol. The summed E-state index contributed by atoms with van der Waals surface area (Å²) in [5, 5.41) is 0. The number of aryl methyl sites for hydroxylation is 1. The summed E-state index contributed by atoms with van der Waals surface area (Å²) in [6, 6.07) is 6.94. The van der Waals surface area contributed by atoms with Crippen LogP contribution >= 0.6 is 0 Å². The van der Waals surface area contributed by atoms with Crippen LogP contribution < -0.4 is 5.73 Å². The van der Waals surface area contributed by atoms with E-state index < -0.39 is 0 Å². The SMILES string of the molecule is C[C@H](N)Cc1cccc2c1CCC2. The second-order valence-electron chi connectivity index (χ2n) is 4.09. The van der Waals surface area contributed by atoms with Crippen LogP contribution in [0.5, 0.6) is 0 Å². The molecule has 1 nitrogen and oxygen atoms in total.